The van der Waals surface area contributed by atoms with E-state index in [2.05, 4.69) is 34.1 Å². The summed E-state index contributed by atoms with van der Waals surface area (Å²) in [5.41, 5.74) is -0.121. The van der Waals surface area contributed by atoms with Crippen LogP contribution in [0.4, 0.5) is 4.79 Å². The fraction of sp³-hybridized carbons (Fsp3) is 0.605. The lowest BCUT2D eigenvalue weighted by molar-refractivity contribution is -0.142. The van der Waals surface area contributed by atoms with Crippen LogP contribution in [0.1, 0.15) is 96.0 Å². The first-order valence-electron chi connectivity index (χ1n) is 21.2. The topological polar surface area (TPSA) is 182 Å². The molecule has 6 aliphatic rings. The minimum absolute atomic E-state index is 0.00450. The van der Waals surface area contributed by atoms with Crippen molar-refractivity contribution in [2.24, 2.45) is 17.8 Å². The Balaban J connectivity index is 1.16. The van der Waals surface area contributed by atoms with E-state index in [9.17, 15) is 27.6 Å². The molecule has 2 aliphatic heterocycles. The van der Waals surface area contributed by atoms with Crippen LogP contribution < -0.4 is 24.8 Å². The second kappa shape index (κ2) is 16.5. The van der Waals surface area contributed by atoms with Crippen molar-refractivity contribution < 1.29 is 41.8 Å². The number of rotatable bonds is 9. The van der Waals surface area contributed by atoms with Crippen LogP contribution in [0.5, 0.6) is 11.6 Å². The molecule has 8 rings (SSSR count). The van der Waals surface area contributed by atoms with E-state index in [0.717, 1.165) is 68.7 Å². The SMILES string of the molecule is C=C[C@@H]1C[C@]1(NC(=O)[C@@H]1C[C@@H]2CN1C(=O)[C@H](C1CCCC1)NC(=O)O[C@@H]1CCC[C@H]1CC/C=C/Cc1c(nc3ccccc3c1OCC)O2)C(=O)NS(=O)(=O)C1CC1. The molecule has 4 amide bonds. The van der Waals surface area contributed by atoms with Gasteiger partial charge in [-0.05, 0) is 102 Å². The van der Waals surface area contributed by atoms with Crippen LogP contribution in [-0.2, 0) is 35.6 Å². The smallest absolute Gasteiger partial charge is 0.408 e. The number of sulfonamides is 1. The number of pyridine rings is 1. The summed E-state index contributed by atoms with van der Waals surface area (Å²) in [5, 5.41) is 6.03. The molecule has 1 aromatic heterocycles. The molecular weight excluding hydrogens is 763 g/mol. The molecule has 7 atom stereocenters. The van der Waals surface area contributed by atoms with Crippen molar-refractivity contribution in [1.82, 2.24) is 25.2 Å². The Morgan fingerprint density at radius 2 is 1.81 bits per heavy atom. The number of para-hydroxylation sites is 1. The van der Waals surface area contributed by atoms with E-state index in [-0.39, 0.29) is 37.3 Å². The zero-order chi connectivity index (χ0) is 40.6. The number of carbonyl (C=O) groups is 4. The monoisotopic (exact) mass is 817 g/mol. The fourth-order valence-corrected chi connectivity index (χ4v) is 11.0. The largest absolute Gasteiger partial charge is 0.493 e. The van der Waals surface area contributed by atoms with E-state index in [0.29, 0.717) is 43.0 Å². The molecule has 2 aromatic rings. The first-order valence-corrected chi connectivity index (χ1v) is 22.7. The number of hydrogen-bond donors (Lipinski definition) is 3. The number of allylic oxidation sites excluding steroid dienone is 2. The number of aromatic nitrogens is 1. The fourth-order valence-electron chi connectivity index (χ4n) is 9.60. The minimum atomic E-state index is -3.90. The number of alkyl carbamates (subject to hydrolysis) is 1. The summed E-state index contributed by atoms with van der Waals surface area (Å²) in [7, 11) is -3.90. The summed E-state index contributed by atoms with van der Waals surface area (Å²) in [6.45, 7) is 6.16. The summed E-state index contributed by atoms with van der Waals surface area (Å²) in [5.74, 6) is -1.37. The predicted molar refractivity (Wildman–Crippen MR) is 215 cm³/mol. The third-order valence-electron chi connectivity index (χ3n) is 13.0. The quantitative estimate of drug-likeness (QED) is 0.292. The van der Waals surface area contributed by atoms with Gasteiger partial charge in [0, 0.05) is 17.7 Å². The van der Waals surface area contributed by atoms with E-state index < -0.39 is 68.7 Å². The summed E-state index contributed by atoms with van der Waals surface area (Å²) < 4.78 is 46.9. The number of ether oxygens (including phenoxy) is 3. The Morgan fingerprint density at radius 1 is 1.03 bits per heavy atom. The van der Waals surface area contributed by atoms with Crippen molar-refractivity contribution in [2.75, 3.05) is 13.2 Å². The van der Waals surface area contributed by atoms with Crippen LogP contribution >= 0.6 is 0 Å². The van der Waals surface area contributed by atoms with Gasteiger partial charge in [-0.1, -0.05) is 43.2 Å². The zero-order valence-electron chi connectivity index (χ0n) is 33.2. The van der Waals surface area contributed by atoms with E-state index in [4.69, 9.17) is 19.2 Å². The molecule has 1 aromatic carbocycles. The molecule has 58 heavy (non-hydrogen) atoms. The lowest BCUT2D eigenvalue weighted by Crippen LogP contribution is -2.59. The molecule has 0 spiro atoms. The van der Waals surface area contributed by atoms with E-state index in [1.54, 1.807) is 0 Å². The van der Waals surface area contributed by atoms with Gasteiger partial charge in [-0.2, -0.15) is 0 Å². The van der Waals surface area contributed by atoms with Gasteiger partial charge in [0.05, 0.1) is 29.5 Å². The van der Waals surface area contributed by atoms with Crippen molar-refractivity contribution >= 4 is 44.7 Å². The number of nitrogens with one attached hydrogen (secondary N) is 3. The first kappa shape index (κ1) is 40.1. The second-order valence-corrected chi connectivity index (χ2v) is 18.9. The lowest BCUT2D eigenvalue weighted by atomic mass is 9.96. The third kappa shape index (κ3) is 8.15. The Labute approximate surface area is 339 Å². The highest BCUT2D eigenvalue weighted by Gasteiger charge is 2.62. The van der Waals surface area contributed by atoms with Crippen LogP contribution in [0.3, 0.4) is 0 Å². The lowest BCUT2D eigenvalue weighted by Gasteiger charge is -2.32. The van der Waals surface area contributed by atoms with Gasteiger partial charge in [0.2, 0.25) is 27.7 Å². The second-order valence-electron chi connectivity index (χ2n) is 16.9. The Morgan fingerprint density at radius 3 is 2.55 bits per heavy atom. The van der Waals surface area contributed by atoms with Gasteiger partial charge < -0.3 is 29.7 Å². The summed E-state index contributed by atoms with van der Waals surface area (Å²) in [4.78, 5) is 63.2. The average Bonchev–Trinajstić information content (AvgIpc) is 3.99. The number of amides is 4. The van der Waals surface area contributed by atoms with Gasteiger partial charge in [-0.15, -0.1) is 6.58 Å². The van der Waals surface area contributed by atoms with E-state index in [1.807, 2.05) is 31.2 Å². The highest BCUT2D eigenvalue weighted by atomic mass is 32.2. The number of hydrogen-bond acceptors (Lipinski definition) is 10. The number of benzene rings is 1. The molecule has 0 unspecified atom stereocenters. The molecule has 15 heteroatoms. The maximum absolute atomic E-state index is 14.9. The Bertz CT molecular complexity index is 2080. The zero-order valence-corrected chi connectivity index (χ0v) is 34.0. The van der Waals surface area contributed by atoms with Crippen LogP contribution in [0.25, 0.3) is 10.9 Å². The van der Waals surface area contributed by atoms with Gasteiger partial charge >= 0.3 is 6.09 Å². The molecule has 0 radical (unpaired) electrons. The molecule has 1 saturated heterocycles. The van der Waals surface area contributed by atoms with E-state index in [1.165, 1.54) is 11.0 Å². The van der Waals surface area contributed by atoms with Crippen LogP contribution in [0, 0.1) is 17.8 Å². The molecular formula is C43H55N5O9S. The summed E-state index contributed by atoms with van der Waals surface area (Å²) in [6, 6.07) is 5.61. The van der Waals surface area contributed by atoms with Gasteiger partial charge in [-0.3, -0.25) is 19.1 Å². The predicted octanol–water partition coefficient (Wildman–Crippen LogP) is 5.00. The Hall–Kier alpha value is -4.66. The summed E-state index contributed by atoms with van der Waals surface area (Å²) >= 11 is 0. The molecule has 2 bridgehead atoms. The van der Waals surface area contributed by atoms with E-state index >= 15 is 0 Å². The Kier molecular flexibility index (Phi) is 11.4. The van der Waals surface area contributed by atoms with Crippen LogP contribution in [0.2, 0.25) is 0 Å². The number of nitrogens with zero attached hydrogens (tertiary/aromatic N) is 2. The van der Waals surface area contributed by atoms with Gasteiger partial charge in [0.1, 0.15) is 35.6 Å². The molecule has 4 aliphatic carbocycles. The van der Waals surface area contributed by atoms with Crippen molar-refractivity contribution in [2.45, 2.75) is 132 Å². The number of carbonyl (C=O) groups excluding carboxylic acids is 4. The highest BCUT2D eigenvalue weighted by molar-refractivity contribution is 7.91. The molecule has 14 nitrogen and oxygen atoms in total. The standard InChI is InChI=1S/C43H55N5O9S/c1-3-28-24-43(28,41(51)47-58(53,54)30-21-22-30)46-38(49)34-23-29-25-48(34)40(50)36(27-14-8-9-15-27)45-42(52)57-35-20-12-16-26(35)13-6-5-7-18-32-37(55-4-2)31-17-10-11-19-33(31)44-39(32)56-29/h3,5,7,10-11,17,19,26-30,34-36H,1,4,6,8-9,12-16,18,20-25H2,2H3,(H,45,52)(H,46,49)(H,47,51)/b7-5+/t26-,28-,29-,34+,35-,36+,43-/m1/s1. The normalized spacial score (nSPS) is 31.1. The van der Waals surface area contributed by atoms with Crippen molar-refractivity contribution in [1.29, 1.82) is 0 Å². The molecule has 5 fully saturated rings. The van der Waals surface area contributed by atoms with Crippen LogP contribution in [-0.4, -0.2) is 90.3 Å². The molecule has 3 heterocycles. The molecule has 4 saturated carbocycles. The maximum Gasteiger partial charge on any atom is 0.408 e. The average molecular weight is 818 g/mol. The summed E-state index contributed by atoms with van der Waals surface area (Å²) in [6.07, 6.45) is 13.3. The molecule has 312 valence electrons. The first-order chi connectivity index (χ1) is 28.0. The minimum Gasteiger partial charge on any atom is -0.493 e. The molecule has 3 N–H and O–H groups in total. The maximum atomic E-state index is 14.9. The number of fused-ring (bicyclic) bond motifs is 5. The van der Waals surface area contributed by atoms with Crippen LogP contribution in [0.15, 0.2) is 49.1 Å². The van der Waals surface area contributed by atoms with Crippen molar-refractivity contribution in [3.8, 4) is 11.6 Å². The van der Waals surface area contributed by atoms with Crippen molar-refractivity contribution in [3.05, 3.63) is 54.6 Å². The van der Waals surface area contributed by atoms with Crippen molar-refractivity contribution in [3.63, 3.8) is 0 Å². The van der Waals surface area contributed by atoms with Gasteiger partial charge in [0.25, 0.3) is 5.91 Å². The third-order valence-corrected chi connectivity index (χ3v) is 14.8. The van der Waals surface area contributed by atoms with Gasteiger partial charge in [-0.25, -0.2) is 18.2 Å². The highest BCUT2D eigenvalue weighted by Crippen LogP contribution is 2.46. The van der Waals surface area contributed by atoms with Gasteiger partial charge in [0.15, 0.2) is 0 Å².